The maximum atomic E-state index is 12.7. The number of anilines is 2. The van der Waals surface area contributed by atoms with Gasteiger partial charge in [-0.1, -0.05) is 24.3 Å². The first-order valence-electron chi connectivity index (χ1n) is 18.3. The number of aromatic hydroxyl groups is 1. The van der Waals surface area contributed by atoms with Crippen molar-refractivity contribution in [2.24, 2.45) is 0 Å². The van der Waals surface area contributed by atoms with Gasteiger partial charge in [-0.25, -0.2) is 4.98 Å². The zero-order valence-electron chi connectivity index (χ0n) is 30.6. The number of amides is 2. The number of aliphatic hydroxyl groups excluding tert-OH is 1. The zero-order chi connectivity index (χ0) is 37.2. The van der Waals surface area contributed by atoms with Crippen LogP contribution in [0.5, 0.6) is 17.4 Å². The Labute approximate surface area is 310 Å². The molecular formula is C38H51N7O8. The molecule has 3 aliphatic rings. The average Bonchev–Trinajstić information content (AvgIpc) is 3.17. The third kappa shape index (κ3) is 10.1. The number of rotatable bonds is 16. The molecule has 53 heavy (non-hydrogen) atoms. The summed E-state index contributed by atoms with van der Waals surface area (Å²) in [5.74, 6) is 1.00. The highest BCUT2D eigenvalue weighted by molar-refractivity contribution is 5.97. The number of morpholine rings is 1. The van der Waals surface area contributed by atoms with Gasteiger partial charge in [-0.3, -0.25) is 14.5 Å². The average molecular weight is 734 g/mol. The van der Waals surface area contributed by atoms with Gasteiger partial charge in [0.1, 0.15) is 11.4 Å². The molecule has 0 aliphatic carbocycles. The molecule has 15 nitrogen and oxygen atoms in total. The van der Waals surface area contributed by atoms with E-state index in [0.717, 1.165) is 52.0 Å². The number of likely N-dealkylation sites (tertiary alicyclic amines) is 1. The number of methoxy groups -OCH3 is 1. The van der Waals surface area contributed by atoms with Crippen LogP contribution in [0.2, 0.25) is 0 Å². The quantitative estimate of drug-likeness (QED) is 0.125. The molecule has 2 fully saturated rings. The summed E-state index contributed by atoms with van der Waals surface area (Å²) in [6.07, 6.45) is 3.76. The Balaban J connectivity index is 0.848. The van der Waals surface area contributed by atoms with Crippen molar-refractivity contribution in [2.45, 2.75) is 43.9 Å². The second-order valence-corrected chi connectivity index (χ2v) is 13.8. The Morgan fingerprint density at radius 2 is 1.98 bits per heavy atom. The summed E-state index contributed by atoms with van der Waals surface area (Å²) >= 11 is 0. The van der Waals surface area contributed by atoms with Crippen LogP contribution >= 0.6 is 0 Å². The highest BCUT2D eigenvalue weighted by Crippen LogP contribution is 2.41. The largest absolute Gasteiger partial charge is 0.506 e. The first-order chi connectivity index (χ1) is 25.7. The Bertz CT molecular complexity index is 1700. The van der Waals surface area contributed by atoms with E-state index in [4.69, 9.17) is 18.9 Å². The van der Waals surface area contributed by atoms with Crippen molar-refractivity contribution in [3.63, 3.8) is 0 Å². The van der Waals surface area contributed by atoms with Crippen molar-refractivity contribution in [1.29, 1.82) is 0 Å². The molecule has 1 aromatic heterocycles. The molecule has 2 saturated heterocycles. The van der Waals surface area contributed by atoms with E-state index in [1.807, 2.05) is 0 Å². The van der Waals surface area contributed by atoms with E-state index in [1.54, 1.807) is 37.4 Å². The van der Waals surface area contributed by atoms with Crippen molar-refractivity contribution in [2.75, 3.05) is 96.6 Å². The van der Waals surface area contributed by atoms with E-state index < -0.39 is 6.10 Å². The van der Waals surface area contributed by atoms with Gasteiger partial charge in [0.2, 0.25) is 17.7 Å². The van der Waals surface area contributed by atoms with E-state index in [9.17, 15) is 19.8 Å². The van der Waals surface area contributed by atoms with Crippen molar-refractivity contribution >= 4 is 23.5 Å². The predicted molar refractivity (Wildman–Crippen MR) is 197 cm³/mol. The number of fused-ring (bicyclic) bond motifs is 1. The number of hydrogen-bond donors (Lipinski definition) is 4. The first kappa shape index (κ1) is 38.2. The van der Waals surface area contributed by atoms with Crippen LogP contribution in [-0.4, -0.2) is 134 Å². The van der Waals surface area contributed by atoms with E-state index in [1.165, 1.54) is 17.2 Å². The van der Waals surface area contributed by atoms with Crippen molar-refractivity contribution in [3.8, 4) is 17.4 Å². The number of piperidine rings is 1. The van der Waals surface area contributed by atoms with Crippen molar-refractivity contribution < 1.29 is 38.7 Å². The number of likely N-dealkylation sites (N-methyl/N-ethyl adjacent to an activating group) is 1. The molecule has 0 bridgehead atoms. The number of aliphatic hydroxyl groups is 1. The summed E-state index contributed by atoms with van der Waals surface area (Å²) in [4.78, 5) is 39.6. The third-order valence-electron chi connectivity index (χ3n) is 10.0. The topological polar surface area (TPSA) is 171 Å². The number of carbonyl (C=O) groups excluding carboxylic acids is 2. The molecule has 3 aliphatic heterocycles. The maximum Gasteiger partial charge on any atom is 0.262 e. The van der Waals surface area contributed by atoms with Crippen LogP contribution in [0.25, 0.3) is 0 Å². The number of benzene rings is 2. The van der Waals surface area contributed by atoms with Crippen molar-refractivity contribution in [3.05, 3.63) is 65.4 Å². The van der Waals surface area contributed by atoms with E-state index in [2.05, 4.69) is 54.7 Å². The molecule has 0 saturated carbocycles. The number of hydrogen-bond acceptors (Lipinski definition) is 13. The van der Waals surface area contributed by atoms with Crippen LogP contribution in [-0.2, 0) is 32.0 Å². The molecule has 286 valence electrons. The number of carbonyl (C=O) groups is 2. The van der Waals surface area contributed by atoms with Gasteiger partial charge in [0.25, 0.3) is 5.91 Å². The van der Waals surface area contributed by atoms with Gasteiger partial charge in [-0.05, 0) is 42.5 Å². The molecule has 0 unspecified atom stereocenters. The maximum absolute atomic E-state index is 12.7. The molecule has 2 amide bonds. The minimum absolute atomic E-state index is 0.0191. The van der Waals surface area contributed by atoms with Crippen LogP contribution < -0.4 is 25.0 Å². The summed E-state index contributed by atoms with van der Waals surface area (Å²) in [5, 5.41) is 26.4. The minimum Gasteiger partial charge on any atom is -0.506 e. The number of nitrogens with one attached hydrogen (secondary N) is 2. The zero-order valence-corrected chi connectivity index (χ0v) is 30.6. The standard InChI is InChI=1S/C38H51N7O8/c1-43(17-14-39-23-31(47)29-6-7-30(46)35-36(29)52-25-32(48)41-35)34(49)10-20-51-19-9-27-4-3-5-28(22-27)24-44-15-11-38(12-16-44)26-45(18-21-53-38)37-40-13-8-33(42-37)50-2/h3-8,13,22,31,39,46-47H,9-12,14-21,23-26H2,1-2H3,(H,41,48)/t31-/m0/s1. The monoisotopic (exact) mass is 733 g/mol. The Hall–Kier alpha value is -4.54. The van der Waals surface area contributed by atoms with Gasteiger partial charge in [0.05, 0.1) is 51.6 Å². The Kier molecular flexibility index (Phi) is 13.0. The van der Waals surface area contributed by atoms with Gasteiger partial charge >= 0.3 is 0 Å². The molecule has 6 rings (SSSR count). The lowest BCUT2D eigenvalue weighted by Gasteiger charge is -2.47. The highest BCUT2D eigenvalue weighted by Gasteiger charge is 2.40. The molecule has 2 aromatic carbocycles. The van der Waals surface area contributed by atoms with E-state index in [0.29, 0.717) is 50.3 Å². The minimum atomic E-state index is -0.933. The Morgan fingerprint density at radius 3 is 2.81 bits per heavy atom. The van der Waals surface area contributed by atoms with Gasteiger partial charge in [0.15, 0.2) is 12.4 Å². The van der Waals surface area contributed by atoms with Gasteiger partial charge in [-0.15, -0.1) is 0 Å². The van der Waals surface area contributed by atoms with Crippen LogP contribution in [0.3, 0.4) is 0 Å². The summed E-state index contributed by atoms with van der Waals surface area (Å²) in [6.45, 7) is 6.82. The fraction of sp³-hybridized carbons (Fsp3) is 0.526. The second kappa shape index (κ2) is 18.0. The lowest BCUT2D eigenvalue weighted by molar-refractivity contribution is -0.131. The number of aromatic nitrogens is 2. The Morgan fingerprint density at radius 1 is 1.15 bits per heavy atom. The van der Waals surface area contributed by atoms with Crippen LogP contribution in [0.15, 0.2) is 48.7 Å². The number of phenolic OH excluding ortho intramolecular Hbond substituents is 1. The van der Waals surface area contributed by atoms with E-state index in [-0.39, 0.29) is 54.2 Å². The lowest BCUT2D eigenvalue weighted by Crippen LogP contribution is -2.57. The van der Waals surface area contributed by atoms with Crippen molar-refractivity contribution in [1.82, 2.24) is 25.1 Å². The molecule has 0 radical (unpaired) electrons. The number of ether oxygens (including phenoxy) is 4. The first-order valence-corrected chi connectivity index (χ1v) is 18.3. The third-order valence-corrected chi connectivity index (χ3v) is 10.0. The fourth-order valence-electron chi connectivity index (χ4n) is 6.98. The predicted octanol–water partition coefficient (Wildman–Crippen LogP) is 2.12. The van der Waals surface area contributed by atoms with Gasteiger partial charge in [-0.2, -0.15) is 4.98 Å². The molecule has 1 atom stereocenters. The number of phenols is 1. The highest BCUT2D eigenvalue weighted by atomic mass is 16.5. The summed E-state index contributed by atoms with van der Waals surface area (Å²) in [6, 6.07) is 13.4. The fourth-order valence-corrected chi connectivity index (χ4v) is 6.98. The molecule has 4 N–H and O–H groups in total. The lowest BCUT2D eigenvalue weighted by atomic mass is 9.89. The molecule has 15 heteroatoms. The normalized spacial score (nSPS) is 17.5. The summed E-state index contributed by atoms with van der Waals surface area (Å²) in [5.41, 5.74) is 2.91. The molecule has 3 aromatic rings. The molecule has 4 heterocycles. The smallest absolute Gasteiger partial charge is 0.262 e. The van der Waals surface area contributed by atoms with Crippen LogP contribution in [0, 0.1) is 0 Å². The molecule has 1 spiro atoms. The SMILES string of the molecule is COc1ccnc(N2CCOC3(CCN(Cc4cccc(CCOCCC(=O)N(C)CCNC[C@H](O)c5ccc(O)c6c5OCC(=O)N6)c4)CC3)C2)n1. The van der Waals surface area contributed by atoms with Crippen LogP contribution in [0.1, 0.15) is 42.1 Å². The van der Waals surface area contributed by atoms with Gasteiger partial charge < -0.3 is 49.6 Å². The molecular weight excluding hydrogens is 682 g/mol. The second-order valence-electron chi connectivity index (χ2n) is 13.8. The van der Waals surface area contributed by atoms with Crippen LogP contribution in [0.4, 0.5) is 11.6 Å². The van der Waals surface area contributed by atoms with Gasteiger partial charge in [0, 0.05) is 70.7 Å². The summed E-state index contributed by atoms with van der Waals surface area (Å²) in [7, 11) is 3.36. The summed E-state index contributed by atoms with van der Waals surface area (Å²) < 4.78 is 23.0. The van der Waals surface area contributed by atoms with E-state index >= 15 is 0 Å². The number of nitrogens with zero attached hydrogens (tertiary/aromatic N) is 5.